The van der Waals surface area contributed by atoms with Crippen molar-refractivity contribution in [3.8, 4) is 22.5 Å². The molecule has 186 valence electrons. The molecule has 0 saturated carbocycles. The minimum absolute atomic E-state index is 0.0710. The highest BCUT2D eigenvalue weighted by molar-refractivity contribution is 6.08. The number of nitrogens with one attached hydrogen (secondary N) is 1. The summed E-state index contributed by atoms with van der Waals surface area (Å²) in [5, 5.41) is 24.6. The Bertz CT molecular complexity index is 1500. The molecule has 1 atom stereocenters. The topological polar surface area (TPSA) is 103 Å². The number of rotatable bonds is 8. The van der Waals surface area contributed by atoms with Gasteiger partial charge in [-0.15, -0.1) is 0 Å². The Labute approximate surface area is 209 Å². The second-order valence-corrected chi connectivity index (χ2v) is 8.87. The van der Waals surface area contributed by atoms with Gasteiger partial charge in [0, 0.05) is 40.4 Å². The van der Waals surface area contributed by atoms with Crippen molar-refractivity contribution in [2.45, 2.75) is 40.2 Å². The number of hydrogen-bond acceptors (Lipinski definition) is 4. The van der Waals surface area contributed by atoms with Crippen molar-refractivity contribution in [1.82, 2.24) is 4.58 Å². The summed E-state index contributed by atoms with van der Waals surface area (Å²) < 4.78 is 8.61. The third-order valence-electron chi connectivity index (χ3n) is 6.63. The SMILES string of the molecule is CCC(C)Nc1ccc2c(-c3ccc(C(=O)O)cc3C(=O)O)c3ccc(=[N+](CC)CC)cc-3oc2c1. The number of fused-ring (bicyclic) bond motifs is 2. The van der Waals surface area contributed by atoms with Crippen LogP contribution in [0.25, 0.3) is 33.4 Å². The van der Waals surface area contributed by atoms with Crippen molar-refractivity contribution < 1.29 is 24.2 Å². The molecule has 0 radical (unpaired) electrons. The van der Waals surface area contributed by atoms with Crippen molar-refractivity contribution in [2.75, 3.05) is 18.4 Å². The molecule has 0 spiro atoms. The van der Waals surface area contributed by atoms with Gasteiger partial charge in [0.2, 0.25) is 5.36 Å². The lowest BCUT2D eigenvalue weighted by atomic mass is 9.89. The molecule has 0 fully saturated rings. The lowest BCUT2D eigenvalue weighted by molar-refractivity contribution is 0.0696. The number of nitrogens with zero attached hydrogens (tertiary/aromatic N) is 1. The molecule has 3 N–H and O–H groups in total. The monoisotopic (exact) mass is 487 g/mol. The fraction of sp³-hybridized carbons (Fsp3) is 0.276. The van der Waals surface area contributed by atoms with Gasteiger partial charge in [0.05, 0.1) is 17.2 Å². The minimum atomic E-state index is -1.19. The van der Waals surface area contributed by atoms with E-state index in [1.54, 1.807) is 6.07 Å². The third-order valence-corrected chi connectivity index (χ3v) is 6.63. The highest BCUT2D eigenvalue weighted by atomic mass is 16.4. The van der Waals surface area contributed by atoms with Crippen LogP contribution < -0.4 is 15.2 Å². The first-order valence-electron chi connectivity index (χ1n) is 12.2. The van der Waals surface area contributed by atoms with Crippen LogP contribution in [0, 0.1) is 0 Å². The molecule has 0 bridgehead atoms. The minimum Gasteiger partial charge on any atom is -0.478 e. The smallest absolute Gasteiger partial charge is 0.336 e. The number of hydrogen-bond donors (Lipinski definition) is 3. The van der Waals surface area contributed by atoms with Crippen LogP contribution in [-0.2, 0) is 0 Å². The molecule has 0 aromatic heterocycles. The molecule has 1 aliphatic heterocycles. The zero-order chi connectivity index (χ0) is 26.0. The first-order chi connectivity index (χ1) is 17.3. The second kappa shape index (κ2) is 10.2. The lowest BCUT2D eigenvalue weighted by Crippen LogP contribution is -2.29. The lowest BCUT2D eigenvalue weighted by Gasteiger charge is -2.18. The molecule has 1 unspecified atom stereocenters. The Balaban J connectivity index is 2.10. The molecule has 0 amide bonds. The number of carboxylic acid groups (broad SMARTS) is 2. The summed E-state index contributed by atoms with van der Waals surface area (Å²) >= 11 is 0. The van der Waals surface area contributed by atoms with Gasteiger partial charge in [-0.05, 0) is 63.1 Å². The summed E-state index contributed by atoms with van der Waals surface area (Å²) in [6, 6.07) is 16.2. The van der Waals surface area contributed by atoms with Gasteiger partial charge in [0.15, 0.2) is 0 Å². The van der Waals surface area contributed by atoms with Gasteiger partial charge in [-0.2, -0.15) is 0 Å². The Kier molecular flexibility index (Phi) is 7.10. The Morgan fingerprint density at radius 1 is 0.917 bits per heavy atom. The van der Waals surface area contributed by atoms with E-state index >= 15 is 0 Å². The Hall–Kier alpha value is -4.13. The second-order valence-electron chi connectivity index (χ2n) is 8.87. The predicted octanol–water partition coefficient (Wildman–Crippen LogP) is 5.62. The molecular formula is C29H31N2O5+. The van der Waals surface area contributed by atoms with Gasteiger partial charge < -0.3 is 19.9 Å². The highest BCUT2D eigenvalue weighted by Gasteiger charge is 2.23. The summed E-state index contributed by atoms with van der Waals surface area (Å²) in [6.07, 6.45) is 0.962. The highest BCUT2D eigenvalue weighted by Crippen LogP contribution is 2.42. The average Bonchev–Trinajstić information content (AvgIpc) is 2.87. The molecule has 2 aliphatic rings. The molecule has 1 aliphatic carbocycles. The van der Waals surface area contributed by atoms with Crippen LogP contribution in [0.4, 0.5) is 5.69 Å². The molecule has 36 heavy (non-hydrogen) atoms. The van der Waals surface area contributed by atoms with E-state index in [9.17, 15) is 19.8 Å². The van der Waals surface area contributed by atoms with Crippen molar-refractivity contribution in [3.63, 3.8) is 0 Å². The molecule has 2 aromatic rings. The fourth-order valence-electron chi connectivity index (χ4n) is 4.50. The van der Waals surface area contributed by atoms with Gasteiger partial charge in [-0.25, -0.2) is 14.2 Å². The average molecular weight is 488 g/mol. The van der Waals surface area contributed by atoms with Crippen molar-refractivity contribution >= 4 is 28.6 Å². The zero-order valence-electron chi connectivity index (χ0n) is 21.0. The number of anilines is 1. The normalized spacial score (nSPS) is 12.0. The van der Waals surface area contributed by atoms with E-state index in [1.165, 1.54) is 12.1 Å². The molecule has 7 heteroatoms. The van der Waals surface area contributed by atoms with Crippen molar-refractivity contribution in [1.29, 1.82) is 0 Å². The standard InChI is InChI=1S/C29H30N2O5/c1-5-17(4)30-19-9-12-22-25(15-19)36-26-16-20(31(6-2)7-3)10-13-23(26)27(22)21-11-8-18(28(32)33)14-24(21)29(34)35/h8-17H,5-7H2,1-4H3,(H2,32,33,34,35)/p+1. The van der Waals surface area contributed by atoms with Crippen LogP contribution in [-0.4, -0.2) is 41.3 Å². The predicted molar refractivity (Wildman–Crippen MR) is 142 cm³/mol. The van der Waals surface area contributed by atoms with Crippen molar-refractivity contribution in [2.24, 2.45) is 0 Å². The van der Waals surface area contributed by atoms with E-state index in [0.29, 0.717) is 22.5 Å². The molecular weight excluding hydrogens is 456 g/mol. The molecule has 1 heterocycles. The summed E-state index contributed by atoms with van der Waals surface area (Å²) in [7, 11) is 0. The fourth-order valence-corrected chi connectivity index (χ4v) is 4.50. The van der Waals surface area contributed by atoms with Crippen LogP contribution in [0.15, 0.2) is 59.0 Å². The van der Waals surface area contributed by atoms with Gasteiger partial charge in [0.25, 0.3) is 0 Å². The van der Waals surface area contributed by atoms with Gasteiger partial charge in [-0.1, -0.05) is 13.0 Å². The van der Waals surface area contributed by atoms with E-state index < -0.39 is 11.9 Å². The first-order valence-corrected chi connectivity index (χ1v) is 12.2. The Morgan fingerprint density at radius 3 is 2.28 bits per heavy atom. The van der Waals surface area contributed by atoms with E-state index in [1.807, 2.05) is 36.4 Å². The summed E-state index contributed by atoms with van der Waals surface area (Å²) in [5.41, 5.74) is 3.27. The molecule has 2 aromatic carbocycles. The maximum atomic E-state index is 12.2. The van der Waals surface area contributed by atoms with E-state index in [0.717, 1.165) is 41.5 Å². The van der Waals surface area contributed by atoms with Crippen LogP contribution in [0.1, 0.15) is 54.8 Å². The van der Waals surface area contributed by atoms with Crippen LogP contribution in [0.3, 0.4) is 0 Å². The summed E-state index contributed by atoms with van der Waals surface area (Å²) in [6.45, 7) is 10.1. The summed E-state index contributed by atoms with van der Waals surface area (Å²) in [5.74, 6) is -1.74. The van der Waals surface area contributed by atoms with E-state index in [4.69, 9.17) is 4.42 Å². The maximum Gasteiger partial charge on any atom is 0.336 e. The van der Waals surface area contributed by atoms with Crippen LogP contribution >= 0.6 is 0 Å². The third kappa shape index (κ3) is 4.69. The molecule has 7 nitrogen and oxygen atoms in total. The van der Waals surface area contributed by atoms with Gasteiger partial charge >= 0.3 is 11.9 Å². The summed E-state index contributed by atoms with van der Waals surface area (Å²) in [4.78, 5) is 23.8. The quantitative estimate of drug-likeness (QED) is 0.220. The maximum absolute atomic E-state index is 12.2. The van der Waals surface area contributed by atoms with E-state index in [2.05, 4.69) is 37.6 Å². The molecule has 0 saturated heterocycles. The Morgan fingerprint density at radius 2 is 1.64 bits per heavy atom. The largest absolute Gasteiger partial charge is 0.478 e. The van der Waals surface area contributed by atoms with E-state index in [-0.39, 0.29) is 17.2 Å². The number of carboxylic acids is 2. The van der Waals surface area contributed by atoms with Gasteiger partial charge in [-0.3, -0.25) is 0 Å². The first kappa shape index (κ1) is 25.0. The van der Waals surface area contributed by atoms with Crippen LogP contribution in [0.2, 0.25) is 0 Å². The number of benzene rings is 3. The van der Waals surface area contributed by atoms with Crippen LogP contribution in [0.5, 0.6) is 0 Å². The zero-order valence-corrected chi connectivity index (χ0v) is 21.0. The van der Waals surface area contributed by atoms with Crippen molar-refractivity contribution in [3.05, 3.63) is 71.1 Å². The number of carbonyl (C=O) groups is 2. The number of aromatic carboxylic acids is 2. The van der Waals surface area contributed by atoms with Gasteiger partial charge in [0.1, 0.15) is 24.4 Å². The molecule has 4 rings (SSSR count).